The Bertz CT molecular complexity index is 595. The first-order valence-electron chi connectivity index (χ1n) is 8.18. The summed E-state index contributed by atoms with van der Waals surface area (Å²) in [5.74, 6) is 0.271. The number of ether oxygens (including phenoxy) is 1. The summed E-state index contributed by atoms with van der Waals surface area (Å²) in [6.07, 6.45) is -3.75. The minimum atomic E-state index is -4.40. The number of halogens is 3. The fourth-order valence-corrected chi connectivity index (χ4v) is 3.41. The number of anilines is 1. The third-order valence-electron chi connectivity index (χ3n) is 5.00. The molecule has 2 aliphatic heterocycles. The maximum absolute atomic E-state index is 12.8. The molecule has 2 heterocycles. The first kappa shape index (κ1) is 17.1. The Kier molecular flexibility index (Phi) is 4.46. The lowest BCUT2D eigenvalue weighted by molar-refractivity contribution is -0.189. The number of benzene rings is 1. The Hall–Kier alpha value is -1.76. The van der Waals surface area contributed by atoms with Crippen LogP contribution >= 0.6 is 0 Å². The smallest absolute Gasteiger partial charge is 0.425 e. The van der Waals surface area contributed by atoms with Crippen molar-refractivity contribution in [3.8, 4) is 5.75 Å². The molecule has 2 aliphatic rings. The lowest BCUT2D eigenvalue weighted by atomic mass is 9.78. The van der Waals surface area contributed by atoms with Crippen molar-refractivity contribution < 1.29 is 22.7 Å². The highest BCUT2D eigenvalue weighted by Gasteiger charge is 2.47. The van der Waals surface area contributed by atoms with Gasteiger partial charge in [-0.15, -0.1) is 0 Å². The molecule has 1 aromatic rings. The van der Waals surface area contributed by atoms with Crippen molar-refractivity contribution in [1.29, 1.82) is 0 Å². The predicted octanol–water partition coefficient (Wildman–Crippen LogP) is 3.12. The molecule has 24 heavy (non-hydrogen) atoms. The lowest BCUT2D eigenvalue weighted by Gasteiger charge is -2.32. The Morgan fingerprint density at radius 1 is 1.17 bits per heavy atom. The zero-order valence-corrected chi connectivity index (χ0v) is 13.5. The lowest BCUT2D eigenvalue weighted by Crippen LogP contribution is -2.42. The first-order valence-corrected chi connectivity index (χ1v) is 8.18. The largest absolute Gasteiger partial charge is 0.481 e. The van der Waals surface area contributed by atoms with Gasteiger partial charge in [0.1, 0.15) is 5.75 Å². The van der Waals surface area contributed by atoms with Gasteiger partial charge in [0, 0.05) is 12.2 Å². The summed E-state index contributed by atoms with van der Waals surface area (Å²) in [7, 11) is 0. The average molecular weight is 342 g/mol. The second-order valence-electron chi connectivity index (χ2n) is 6.53. The summed E-state index contributed by atoms with van der Waals surface area (Å²) in [6, 6.07) is 6.27. The molecule has 132 valence electrons. The summed E-state index contributed by atoms with van der Waals surface area (Å²) in [5.41, 5.74) is 0.438. The second kappa shape index (κ2) is 6.27. The minimum absolute atomic E-state index is 0.126. The summed E-state index contributed by atoms with van der Waals surface area (Å²) >= 11 is 0. The fourth-order valence-electron chi connectivity index (χ4n) is 3.41. The van der Waals surface area contributed by atoms with Gasteiger partial charge in [0.2, 0.25) is 5.91 Å². The van der Waals surface area contributed by atoms with Crippen molar-refractivity contribution in [2.45, 2.75) is 38.5 Å². The van der Waals surface area contributed by atoms with Crippen molar-refractivity contribution in [3.63, 3.8) is 0 Å². The van der Waals surface area contributed by atoms with E-state index < -0.39 is 12.3 Å². The summed E-state index contributed by atoms with van der Waals surface area (Å²) in [5, 5.41) is 3.27. The monoisotopic (exact) mass is 342 g/mol. The molecule has 2 fully saturated rings. The van der Waals surface area contributed by atoms with Crippen LogP contribution in [0.4, 0.5) is 18.9 Å². The molecule has 1 aromatic carbocycles. The molecule has 1 spiro atoms. The van der Waals surface area contributed by atoms with Crippen LogP contribution in [0, 0.1) is 5.41 Å². The highest BCUT2D eigenvalue weighted by molar-refractivity contribution is 6.00. The standard InChI is InChI=1S/C17H21F3N2O2/c1-12(17(18,19)20)24-14-4-2-13(3-5-14)22-11-8-16(15(22)23)6-9-21-10-7-16/h2-5,12,21H,6-11H2,1H3. The van der Waals surface area contributed by atoms with E-state index in [0.29, 0.717) is 12.2 Å². The van der Waals surface area contributed by atoms with Crippen LogP contribution in [0.1, 0.15) is 26.2 Å². The molecule has 0 radical (unpaired) electrons. The van der Waals surface area contributed by atoms with Gasteiger partial charge < -0.3 is 15.0 Å². The van der Waals surface area contributed by atoms with E-state index in [1.807, 2.05) is 0 Å². The Balaban J connectivity index is 1.69. The van der Waals surface area contributed by atoms with Gasteiger partial charge >= 0.3 is 6.18 Å². The molecule has 1 amide bonds. The van der Waals surface area contributed by atoms with E-state index in [4.69, 9.17) is 4.74 Å². The fraction of sp³-hybridized carbons (Fsp3) is 0.588. The molecule has 0 aromatic heterocycles. The SMILES string of the molecule is CC(Oc1ccc(N2CCC3(CCNCC3)C2=O)cc1)C(F)(F)F. The van der Waals surface area contributed by atoms with Crippen LogP contribution in [0.5, 0.6) is 5.75 Å². The van der Waals surface area contributed by atoms with Crippen LogP contribution < -0.4 is 15.0 Å². The number of piperidine rings is 1. The topological polar surface area (TPSA) is 41.6 Å². The van der Waals surface area contributed by atoms with Crippen molar-refractivity contribution in [2.24, 2.45) is 5.41 Å². The van der Waals surface area contributed by atoms with Gasteiger partial charge in [0.15, 0.2) is 6.10 Å². The molecule has 0 bridgehead atoms. The molecular formula is C17H21F3N2O2. The second-order valence-corrected chi connectivity index (χ2v) is 6.53. The summed E-state index contributed by atoms with van der Waals surface area (Å²) in [6.45, 7) is 3.32. The van der Waals surface area contributed by atoms with Crippen LogP contribution in [0.25, 0.3) is 0 Å². The third-order valence-corrected chi connectivity index (χ3v) is 5.00. The maximum Gasteiger partial charge on any atom is 0.425 e. The number of nitrogens with zero attached hydrogens (tertiary/aromatic N) is 1. The van der Waals surface area contributed by atoms with E-state index in [0.717, 1.165) is 39.3 Å². The molecular weight excluding hydrogens is 321 g/mol. The first-order chi connectivity index (χ1) is 11.3. The van der Waals surface area contributed by atoms with Crippen molar-refractivity contribution in [1.82, 2.24) is 5.32 Å². The minimum Gasteiger partial charge on any atom is -0.481 e. The third kappa shape index (κ3) is 3.22. The van der Waals surface area contributed by atoms with Gasteiger partial charge in [0.25, 0.3) is 0 Å². The highest BCUT2D eigenvalue weighted by Crippen LogP contribution is 2.41. The number of nitrogens with one attached hydrogen (secondary N) is 1. The van der Waals surface area contributed by atoms with Crippen LogP contribution in [-0.4, -0.2) is 37.8 Å². The summed E-state index contributed by atoms with van der Waals surface area (Å²) in [4.78, 5) is 14.5. The van der Waals surface area contributed by atoms with Gasteiger partial charge in [0.05, 0.1) is 5.41 Å². The number of alkyl halides is 3. The number of hydrogen-bond acceptors (Lipinski definition) is 3. The predicted molar refractivity (Wildman–Crippen MR) is 84.1 cm³/mol. The van der Waals surface area contributed by atoms with E-state index >= 15 is 0 Å². The van der Waals surface area contributed by atoms with E-state index in [2.05, 4.69) is 5.32 Å². The average Bonchev–Trinajstić information content (AvgIpc) is 2.85. The van der Waals surface area contributed by atoms with E-state index in [-0.39, 0.29) is 17.1 Å². The summed E-state index contributed by atoms with van der Waals surface area (Å²) < 4.78 is 42.5. The number of amides is 1. The molecule has 1 N–H and O–H groups in total. The van der Waals surface area contributed by atoms with Crippen LogP contribution in [-0.2, 0) is 4.79 Å². The highest BCUT2D eigenvalue weighted by atomic mass is 19.4. The number of rotatable bonds is 3. The number of carbonyl (C=O) groups excluding carboxylic acids is 1. The molecule has 1 atom stereocenters. The van der Waals surface area contributed by atoms with Crippen LogP contribution in [0.3, 0.4) is 0 Å². The van der Waals surface area contributed by atoms with Gasteiger partial charge in [-0.2, -0.15) is 13.2 Å². The number of hydrogen-bond donors (Lipinski definition) is 1. The Morgan fingerprint density at radius 3 is 2.38 bits per heavy atom. The molecule has 7 heteroatoms. The zero-order valence-electron chi connectivity index (χ0n) is 13.5. The van der Waals surface area contributed by atoms with Gasteiger partial charge in [-0.05, 0) is 63.5 Å². The molecule has 3 rings (SSSR count). The van der Waals surface area contributed by atoms with Crippen LogP contribution in [0.15, 0.2) is 24.3 Å². The van der Waals surface area contributed by atoms with E-state index in [1.54, 1.807) is 17.0 Å². The van der Waals surface area contributed by atoms with Gasteiger partial charge in [-0.1, -0.05) is 0 Å². The van der Waals surface area contributed by atoms with Crippen molar-refractivity contribution >= 4 is 11.6 Å². The zero-order chi connectivity index (χ0) is 17.4. The quantitative estimate of drug-likeness (QED) is 0.918. The van der Waals surface area contributed by atoms with Crippen molar-refractivity contribution in [2.75, 3.05) is 24.5 Å². The molecule has 4 nitrogen and oxygen atoms in total. The maximum atomic E-state index is 12.8. The molecule has 0 aliphatic carbocycles. The molecule has 2 saturated heterocycles. The van der Waals surface area contributed by atoms with Gasteiger partial charge in [-0.3, -0.25) is 4.79 Å². The Labute approximate surface area is 139 Å². The number of carbonyl (C=O) groups is 1. The molecule has 1 unspecified atom stereocenters. The normalized spacial score (nSPS) is 22.0. The van der Waals surface area contributed by atoms with Crippen LogP contribution in [0.2, 0.25) is 0 Å². The molecule has 0 saturated carbocycles. The Morgan fingerprint density at radius 2 is 1.79 bits per heavy atom. The van der Waals surface area contributed by atoms with Crippen molar-refractivity contribution in [3.05, 3.63) is 24.3 Å². The van der Waals surface area contributed by atoms with E-state index in [9.17, 15) is 18.0 Å². The van der Waals surface area contributed by atoms with Gasteiger partial charge in [-0.25, -0.2) is 0 Å². The van der Waals surface area contributed by atoms with E-state index in [1.165, 1.54) is 12.1 Å².